The summed E-state index contributed by atoms with van der Waals surface area (Å²) in [7, 11) is 0. The van der Waals surface area contributed by atoms with Crippen LogP contribution in [0, 0.1) is 5.41 Å². The largest absolute Gasteiger partial charge is 0.354 e. The lowest BCUT2D eigenvalue weighted by molar-refractivity contribution is -0.277. The Labute approximate surface area is 102 Å². The van der Waals surface area contributed by atoms with Gasteiger partial charge in [-0.1, -0.05) is 13.8 Å². The van der Waals surface area contributed by atoms with Crippen LogP contribution in [0.25, 0.3) is 0 Å². The van der Waals surface area contributed by atoms with E-state index in [1.807, 2.05) is 0 Å². The van der Waals surface area contributed by atoms with E-state index in [1.54, 1.807) is 0 Å². The van der Waals surface area contributed by atoms with Crippen molar-refractivity contribution in [3.63, 3.8) is 0 Å². The van der Waals surface area contributed by atoms with Gasteiger partial charge in [0.15, 0.2) is 0 Å². The molecule has 4 heteroatoms. The quantitative estimate of drug-likeness (QED) is 0.824. The summed E-state index contributed by atoms with van der Waals surface area (Å²) < 4.78 is 31.9. The van der Waals surface area contributed by atoms with E-state index in [2.05, 4.69) is 19.2 Å². The second-order valence-corrected chi connectivity index (χ2v) is 5.78. The maximum atomic E-state index is 12.9. The van der Waals surface area contributed by atoms with E-state index >= 15 is 0 Å². The summed E-state index contributed by atoms with van der Waals surface area (Å²) in [5, 5.41) is 3.32. The lowest BCUT2D eigenvalue weighted by Crippen LogP contribution is -2.69. The Kier molecular flexibility index (Phi) is 3.47. The number of rotatable bonds is 4. The van der Waals surface area contributed by atoms with E-state index in [0.29, 0.717) is 12.8 Å². The molecule has 0 aromatic heterocycles. The van der Waals surface area contributed by atoms with Crippen LogP contribution in [0.2, 0.25) is 0 Å². The third-order valence-electron chi connectivity index (χ3n) is 4.62. The smallest absolute Gasteiger partial charge is 0.121 e. The van der Waals surface area contributed by atoms with Crippen molar-refractivity contribution >= 4 is 0 Å². The molecule has 1 N–H and O–H groups in total. The van der Waals surface area contributed by atoms with Gasteiger partial charge in [0.05, 0.1) is 19.0 Å². The SMILES string of the molecule is CCC1(CC)CCNC2(CC(CF)(CF)C2)O1. The summed E-state index contributed by atoms with van der Waals surface area (Å²) in [6, 6.07) is 0. The molecule has 0 unspecified atom stereocenters. The highest BCUT2D eigenvalue weighted by Gasteiger charge is 2.59. The average molecular weight is 247 g/mol. The summed E-state index contributed by atoms with van der Waals surface area (Å²) in [4.78, 5) is 0. The Hall–Kier alpha value is -0.220. The van der Waals surface area contributed by atoms with Crippen molar-refractivity contribution in [3.05, 3.63) is 0 Å². The molecule has 0 aromatic carbocycles. The molecule has 2 nitrogen and oxygen atoms in total. The van der Waals surface area contributed by atoms with Gasteiger partial charge < -0.3 is 4.74 Å². The zero-order valence-electron chi connectivity index (χ0n) is 10.8. The van der Waals surface area contributed by atoms with E-state index in [0.717, 1.165) is 25.8 Å². The Bertz CT molecular complexity index is 267. The molecule has 17 heavy (non-hydrogen) atoms. The zero-order chi connectivity index (χ0) is 12.6. The molecule has 0 aromatic rings. The van der Waals surface area contributed by atoms with Gasteiger partial charge in [0.2, 0.25) is 0 Å². The third-order valence-corrected chi connectivity index (χ3v) is 4.62. The molecule has 0 bridgehead atoms. The van der Waals surface area contributed by atoms with Crippen molar-refractivity contribution in [2.45, 2.75) is 57.3 Å². The second kappa shape index (κ2) is 4.47. The summed E-state index contributed by atoms with van der Waals surface area (Å²) in [6.07, 6.45) is 3.85. The van der Waals surface area contributed by atoms with E-state index in [-0.39, 0.29) is 5.60 Å². The van der Waals surface area contributed by atoms with Crippen LogP contribution in [-0.2, 0) is 4.74 Å². The van der Waals surface area contributed by atoms with Crippen LogP contribution in [-0.4, -0.2) is 31.2 Å². The maximum absolute atomic E-state index is 12.9. The number of ether oxygens (including phenoxy) is 1. The van der Waals surface area contributed by atoms with E-state index in [4.69, 9.17) is 4.74 Å². The number of hydrogen-bond donors (Lipinski definition) is 1. The van der Waals surface area contributed by atoms with Crippen molar-refractivity contribution in [1.29, 1.82) is 0 Å². The number of hydrogen-bond acceptors (Lipinski definition) is 2. The van der Waals surface area contributed by atoms with Gasteiger partial charge >= 0.3 is 0 Å². The first-order valence-corrected chi connectivity index (χ1v) is 6.64. The normalized spacial score (nSPS) is 28.9. The monoisotopic (exact) mass is 247 g/mol. The van der Waals surface area contributed by atoms with Gasteiger partial charge in [-0.15, -0.1) is 0 Å². The zero-order valence-corrected chi connectivity index (χ0v) is 10.8. The van der Waals surface area contributed by atoms with Crippen LogP contribution in [0.1, 0.15) is 46.0 Å². The first-order valence-electron chi connectivity index (χ1n) is 6.64. The summed E-state index contributed by atoms with van der Waals surface area (Å²) in [6.45, 7) is 3.97. The molecule has 1 saturated carbocycles. The molecule has 1 aliphatic heterocycles. The van der Waals surface area contributed by atoms with Gasteiger partial charge in [0.1, 0.15) is 5.72 Å². The van der Waals surface area contributed by atoms with Crippen LogP contribution in [0.15, 0.2) is 0 Å². The number of alkyl halides is 2. The topological polar surface area (TPSA) is 21.3 Å². The van der Waals surface area contributed by atoms with Crippen LogP contribution >= 0.6 is 0 Å². The molecule has 1 saturated heterocycles. The van der Waals surface area contributed by atoms with E-state index < -0.39 is 24.5 Å². The van der Waals surface area contributed by atoms with Gasteiger partial charge in [-0.25, -0.2) is 0 Å². The molecule has 0 atom stereocenters. The fourth-order valence-corrected chi connectivity index (χ4v) is 3.35. The highest BCUT2D eigenvalue weighted by molar-refractivity contribution is 5.07. The van der Waals surface area contributed by atoms with Crippen molar-refractivity contribution in [1.82, 2.24) is 5.32 Å². The molecule has 100 valence electrons. The van der Waals surface area contributed by atoms with Gasteiger partial charge in [-0.3, -0.25) is 14.1 Å². The summed E-state index contributed by atoms with van der Waals surface area (Å²) in [5.74, 6) is 0. The molecule has 0 amide bonds. The van der Waals surface area contributed by atoms with Gasteiger partial charge in [0, 0.05) is 24.8 Å². The van der Waals surface area contributed by atoms with Crippen molar-refractivity contribution in [2.24, 2.45) is 5.41 Å². The fourth-order valence-electron chi connectivity index (χ4n) is 3.35. The second-order valence-electron chi connectivity index (χ2n) is 5.78. The van der Waals surface area contributed by atoms with Gasteiger partial charge in [-0.2, -0.15) is 0 Å². The maximum Gasteiger partial charge on any atom is 0.121 e. The minimum atomic E-state index is -0.780. The van der Waals surface area contributed by atoms with Crippen molar-refractivity contribution < 1.29 is 13.5 Å². The Balaban J connectivity index is 2.04. The molecular weight excluding hydrogens is 224 g/mol. The fraction of sp³-hybridized carbons (Fsp3) is 1.00. The summed E-state index contributed by atoms with van der Waals surface area (Å²) >= 11 is 0. The van der Waals surface area contributed by atoms with Crippen LogP contribution in [0.5, 0.6) is 0 Å². The molecule has 2 fully saturated rings. The predicted molar refractivity (Wildman–Crippen MR) is 63.4 cm³/mol. The molecule has 1 spiro atoms. The van der Waals surface area contributed by atoms with Crippen molar-refractivity contribution in [2.75, 3.05) is 19.9 Å². The standard InChI is InChI=1S/C13H23F2NO/c1-3-12(4-2)5-6-16-13(17-12)7-11(8-13,9-14)10-15/h16H,3-10H2,1-2H3. The van der Waals surface area contributed by atoms with Crippen LogP contribution in [0.3, 0.4) is 0 Å². The van der Waals surface area contributed by atoms with Crippen molar-refractivity contribution in [3.8, 4) is 0 Å². The lowest BCUT2D eigenvalue weighted by Gasteiger charge is -2.59. The number of halogens is 2. The minimum Gasteiger partial charge on any atom is -0.354 e. The molecule has 2 aliphatic rings. The first kappa shape index (κ1) is 13.2. The average Bonchev–Trinajstić information content (AvgIpc) is 2.35. The Morgan fingerprint density at radius 2 is 1.71 bits per heavy atom. The molecule has 0 radical (unpaired) electrons. The van der Waals surface area contributed by atoms with Gasteiger partial charge in [-0.05, 0) is 19.3 Å². The highest BCUT2D eigenvalue weighted by atomic mass is 19.1. The predicted octanol–water partition coefficient (Wildman–Crippen LogP) is 2.97. The van der Waals surface area contributed by atoms with Crippen LogP contribution < -0.4 is 5.32 Å². The summed E-state index contributed by atoms with van der Waals surface area (Å²) in [5.41, 5.74) is -1.33. The Morgan fingerprint density at radius 3 is 2.18 bits per heavy atom. The van der Waals surface area contributed by atoms with E-state index in [1.165, 1.54) is 0 Å². The minimum absolute atomic E-state index is 0.0932. The molecule has 2 rings (SSSR count). The third kappa shape index (κ3) is 2.10. The molecule has 1 heterocycles. The first-order chi connectivity index (χ1) is 8.07. The van der Waals surface area contributed by atoms with Crippen LogP contribution in [0.4, 0.5) is 8.78 Å². The highest BCUT2D eigenvalue weighted by Crippen LogP contribution is 2.53. The van der Waals surface area contributed by atoms with Gasteiger partial charge in [0.25, 0.3) is 0 Å². The Morgan fingerprint density at radius 1 is 1.12 bits per heavy atom. The lowest BCUT2D eigenvalue weighted by atomic mass is 9.63. The van der Waals surface area contributed by atoms with E-state index in [9.17, 15) is 8.78 Å². The molecule has 1 aliphatic carbocycles. The number of nitrogens with one attached hydrogen (secondary N) is 1. The molecular formula is C13H23F2NO.